The molecule has 0 aliphatic heterocycles. The number of nitrogens with zero attached hydrogens (tertiary/aromatic N) is 4. The predicted molar refractivity (Wildman–Crippen MR) is 126 cm³/mol. The summed E-state index contributed by atoms with van der Waals surface area (Å²) in [5.74, 6) is 0.777. The van der Waals surface area contributed by atoms with Crippen molar-refractivity contribution in [1.29, 1.82) is 0 Å². The molecule has 33 heavy (non-hydrogen) atoms. The van der Waals surface area contributed by atoms with Gasteiger partial charge in [0.05, 0.1) is 11.8 Å². The molecule has 0 saturated heterocycles. The van der Waals surface area contributed by atoms with Gasteiger partial charge in [-0.1, -0.05) is 18.2 Å². The van der Waals surface area contributed by atoms with Crippen LogP contribution in [0, 0.1) is 0 Å². The molecule has 4 N–H and O–H groups in total. The molecule has 9 heteroatoms. The molecule has 3 aromatic heterocycles. The molecule has 0 atom stereocenters. The largest absolute Gasteiger partial charge is 0.494 e. The van der Waals surface area contributed by atoms with E-state index in [0.29, 0.717) is 29.3 Å². The highest BCUT2D eigenvalue weighted by Gasteiger charge is 2.12. The van der Waals surface area contributed by atoms with E-state index in [1.807, 2.05) is 42.5 Å². The minimum absolute atomic E-state index is 0.0678. The highest BCUT2D eigenvalue weighted by atomic mass is 16.3. The Hall–Kier alpha value is -4.66. The molecule has 0 unspecified atom stereocenters. The molecule has 1 amide bonds. The smallest absolute Gasteiger partial charge is 0.291 e. The number of imidazole rings is 1. The highest BCUT2D eigenvalue weighted by molar-refractivity contribution is 6.03. The number of aromatic amines is 2. The number of carbonyl (C=O) groups is 1. The Morgan fingerprint density at radius 3 is 2.70 bits per heavy atom. The number of carbonyl (C=O) groups excluding carboxylic acids is 1. The Bertz CT molecular complexity index is 1440. The summed E-state index contributed by atoms with van der Waals surface area (Å²) in [6.07, 6.45) is 7.26. The molecule has 0 radical (unpaired) electrons. The first-order valence-electron chi connectivity index (χ1n) is 10.3. The van der Waals surface area contributed by atoms with E-state index in [9.17, 15) is 9.90 Å². The third-order valence-electron chi connectivity index (χ3n) is 5.35. The van der Waals surface area contributed by atoms with E-state index in [1.54, 1.807) is 42.5 Å². The van der Waals surface area contributed by atoms with Crippen LogP contribution in [0.1, 0.15) is 27.3 Å². The van der Waals surface area contributed by atoms with Crippen molar-refractivity contribution in [3.05, 3.63) is 89.6 Å². The van der Waals surface area contributed by atoms with Crippen LogP contribution in [0.25, 0.3) is 10.9 Å². The predicted octanol–water partition coefficient (Wildman–Crippen LogP) is 3.92. The maximum absolute atomic E-state index is 12.3. The zero-order valence-corrected chi connectivity index (χ0v) is 17.8. The number of fused-ring (bicyclic) bond motifs is 1. The summed E-state index contributed by atoms with van der Waals surface area (Å²) in [6.45, 7) is 0. The molecule has 9 nitrogen and oxygen atoms in total. The molecule has 0 aliphatic rings. The lowest BCUT2D eigenvalue weighted by Crippen LogP contribution is -2.16. The first-order chi connectivity index (χ1) is 16.1. The second-order valence-corrected chi connectivity index (χ2v) is 7.66. The fourth-order valence-corrected chi connectivity index (χ4v) is 3.65. The van der Waals surface area contributed by atoms with Gasteiger partial charge < -0.3 is 20.0 Å². The van der Waals surface area contributed by atoms with Gasteiger partial charge in [0, 0.05) is 48.3 Å². The van der Waals surface area contributed by atoms with Crippen LogP contribution in [0.4, 0.5) is 11.5 Å². The summed E-state index contributed by atoms with van der Waals surface area (Å²) >= 11 is 0. The molecular weight excluding hydrogens is 418 g/mol. The number of hydrogen-bond acceptors (Lipinski definition) is 5. The van der Waals surface area contributed by atoms with Crippen LogP contribution in [0.15, 0.2) is 72.1 Å². The lowest BCUT2D eigenvalue weighted by atomic mass is 10.0. The van der Waals surface area contributed by atoms with Gasteiger partial charge >= 0.3 is 0 Å². The normalized spacial score (nSPS) is 11.4. The number of benzene rings is 2. The first kappa shape index (κ1) is 20.3. The summed E-state index contributed by atoms with van der Waals surface area (Å²) < 4.78 is 1.67. The van der Waals surface area contributed by atoms with Gasteiger partial charge in [-0.3, -0.25) is 9.89 Å². The monoisotopic (exact) mass is 439 g/mol. The number of hydrogen-bond donors (Lipinski definition) is 4. The number of aromatic nitrogens is 5. The molecule has 0 saturated carbocycles. The molecule has 0 bridgehead atoms. The van der Waals surface area contributed by atoms with E-state index >= 15 is 0 Å². The van der Waals surface area contributed by atoms with Crippen LogP contribution in [-0.2, 0) is 13.5 Å². The molecule has 3 heterocycles. The molecule has 2 aromatic carbocycles. The van der Waals surface area contributed by atoms with Gasteiger partial charge in [0.2, 0.25) is 0 Å². The molecule has 0 aliphatic carbocycles. The third kappa shape index (κ3) is 4.24. The van der Waals surface area contributed by atoms with Crippen molar-refractivity contribution in [1.82, 2.24) is 24.7 Å². The van der Waals surface area contributed by atoms with Crippen LogP contribution in [-0.4, -0.2) is 42.0 Å². The molecule has 164 valence electrons. The van der Waals surface area contributed by atoms with Crippen molar-refractivity contribution < 1.29 is 9.90 Å². The fraction of sp³-hybridized carbons (Fsp3) is 0.0833. The molecule has 5 rings (SSSR count). The van der Waals surface area contributed by atoms with Gasteiger partial charge in [-0.05, 0) is 41.8 Å². The van der Waals surface area contributed by atoms with E-state index < -0.39 is 0 Å². The van der Waals surface area contributed by atoms with Crippen molar-refractivity contribution in [2.24, 2.45) is 12.0 Å². The van der Waals surface area contributed by atoms with Crippen molar-refractivity contribution in [2.45, 2.75) is 6.42 Å². The Balaban J connectivity index is 1.33. The number of aryl methyl sites for hydroxylation is 1. The van der Waals surface area contributed by atoms with Gasteiger partial charge in [0.1, 0.15) is 5.82 Å². The minimum Gasteiger partial charge on any atom is -0.494 e. The summed E-state index contributed by atoms with van der Waals surface area (Å²) in [5, 5.41) is 20.7. The lowest BCUT2D eigenvalue weighted by molar-refractivity contribution is 0.101. The van der Waals surface area contributed by atoms with Gasteiger partial charge in [-0.25, -0.2) is 9.98 Å². The molecule has 0 spiro atoms. The summed E-state index contributed by atoms with van der Waals surface area (Å²) in [7, 11) is 1.78. The van der Waals surface area contributed by atoms with E-state index in [2.05, 4.69) is 30.5 Å². The van der Waals surface area contributed by atoms with Crippen LogP contribution in [0.3, 0.4) is 0 Å². The van der Waals surface area contributed by atoms with Gasteiger partial charge in [0.25, 0.3) is 5.91 Å². The van der Waals surface area contributed by atoms with Crippen molar-refractivity contribution in [2.75, 3.05) is 5.32 Å². The SMILES string of the molecule is Cn1ccnc1C(=O)Nc1ccc(Cc2ccc3[nH]c(O)c(/C=N/c4ccn[nH]4)c3c2)cc1. The summed E-state index contributed by atoms with van der Waals surface area (Å²) in [4.78, 5) is 23.7. The van der Waals surface area contributed by atoms with Gasteiger partial charge in [0.15, 0.2) is 11.7 Å². The van der Waals surface area contributed by atoms with Crippen molar-refractivity contribution in [3.63, 3.8) is 0 Å². The topological polar surface area (TPSA) is 124 Å². The zero-order chi connectivity index (χ0) is 22.8. The van der Waals surface area contributed by atoms with Crippen LogP contribution in [0.2, 0.25) is 0 Å². The van der Waals surface area contributed by atoms with Crippen LogP contribution in [0.5, 0.6) is 5.88 Å². The van der Waals surface area contributed by atoms with Gasteiger partial charge in [-0.2, -0.15) is 5.10 Å². The number of aromatic hydroxyl groups is 1. The first-order valence-corrected chi connectivity index (χ1v) is 10.3. The Morgan fingerprint density at radius 2 is 1.97 bits per heavy atom. The maximum Gasteiger partial charge on any atom is 0.291 e. The third-order valence-corrected chi connectivity index (χ3v) is 5.35. The van der Waals surface area contributed by atoms with E-state index in [4.69, 9.17) is 0 Å². The Labute approximate surface area is 188 Å². The minimum atomic E-state index is -0.253. The number of amides is 1. The number of anilines is 1. The Kier molecular flexibility index (Phi) is 5.19. The number of rotatable bonds is 6. The van der Waals surface area contributed by atoms with E-state index in [-0.39, 0.29) is 11.8 Å². The van der Waals surface area contributed by atoms with Crippen molar-refractivity contribution >= 4 is 34.5 Å². The number of aliphatic imine (C=N–C) groups is 1. The molecule has 0 fully saturated rings. The second kappa shape index (κ2) is 8.46. The average Bonchev–Trinajstić information content (AvgIpc) is 3.54. The highest BCUT2D eigenvalue weighted by Crippen LogP contribution is 2.28. The summed E-state index contributed by atoms with van der Waals surface area (Å²) in [6, 6.07) is 15.5. The van der Waals surface area contributed by atoms with Crippen LogP contribution >= 0.6 is 0 Å². The maximum atomic E-state index is 12.3. The number of nitrogens with one attached hydrogen (secondary N) is 3. The molecular formula is C24H21N7O2. The van der Waals surface area contributed by atoms with Crippen molar-refractivity contribution in [3.8, 4) is 5.88 Å². The number of H-pyrrole nitrogens is 2. The molecule has 5 aromatic rings. The second-order valence-electron chi connectivity index (χ2n) is 7.66. The standard InChI is InChI=1S/C24H21N7O2/c1-31-11-10-25-22(31)24(33)28-17-5-2-15(3-6-17)12-16-4-7-20-18(13-16)19(23(32)29-20)14-26-21-8-9-27-30-21/h2-11,13-14,29,32H,12H2,1H3,(H,27,30)(H,28,33)/b26-14+. The summed E-state index contributed by atoms with van der Waals surface area (Å²) in [5.41, 5.74) is 4.33. The fourth-order valence-electron chi connectivity index (χ4n) is 3.65. The zero-order valence-electron chi connectivity index (χ0n) is 17.8. The van der Waals surface area contributed by atoms with E-state index in [0.717, 1.165) is 22.0 Å². The Morgan fingerprint density at radius 1 is 1.15 bits per heavy atom. The van der Waals surface area contributed by atoms with Crippen LogP contribution < -0.4 is 5.32 Å². The van der Waals surface area contributed by atoms with E-state index in [1.165, 1.54) is 0 Å². The quantitative estimate of drug-likeness (QED) is 0.299. The van der Waals surface area contributed by atoms with Gasteiger partial charge in [-0.15, -0.1) is 0 Å². The average molecular weight is 439 g/mol. The lowest BCUT2D eigenvalue weighted by Gasteiger charge is -2.07.